The van der Waals surface area contributed by atoms with Gasteiger partial charge < -0.3 is 14.9 Å². The molecule has 0 saturated carbocycles. The second-order valence-electron chi connectivity index (χ2n) is 5.89. The zero-order valence-corrected chi connectivity index (χ0v) is 13.2. The molecule has 0 radical (unpaired) electrons. The Labute approximate surface area is 137 Å². The molecule has 0 spiro atoms. The smallest absolute Gasteiger partial charge is 0.303 e. The average molecular weight is 336 g/mol. The van der Waals surface area contributed by atoms with Crippen molar-refractivity contribution in [2.24, 2.45) is 0 Å². The van der Waals surface area contributed by atoms with Crippen LogP contribution in [0.4, 0.5) is 0 Å². The van der Waals surface area contributed by atoms with Gasteiger partial charge in [-0.05, 0) is 25.7 Å². The third-order valence-electron chi connectivity index (χ3n) is 4.19. The molecule has 9 heteroatoms. The maximum Gasteiger partial charge on any atom is 0.303 e. The number of carbonyl (C=O) groups is 1. The molecule has 0 aliphatic carbocycles. The molecule has 130 valence electrons. The number of hydrogen-bond acceptors (Lipinski definition) is 6. The minimum atomic E-state index is -0.840. The lowest BCUT2D eigenvalue weighted by Crippen LogP contribution is -2.21. The fraction of sp³-hybridized carbons (Fsp3) is 0.600. The standard InChI is InChI=1S/C15H20N4O5/c20-7-10-4-5-11(24-10)19-9-16-13-14(19)17-8-18(15(13)23)6-2-1-3-12(21)22/h8-11,20H,1-7H2,(H,21,22)/t10-,11+/m0/s1. The number of carboxylic acids is 1. The van der Waals surface area contributed by atoms with Crippen molar-refractivity contribution in [1.29, 1.82) is 0 Å². The van der Waals surface area contributed by atoms with Crippen molar-refractivity contribution in [3.05, 3.63) is 23.0 Å². The monoisotopic (exact) mass is 336 g/mol. The Bertz CT molecular complexity index is 784. The lowest BCUT2D eigenvalue weighted by atomic mass is 10.2. The number of fused-ring (bicyclic) bond motifs is 1. The third-order valence-corrected chi connectivity index (χ3v) is 4.19. The molecule has 2 aromatic rings. The summed E-state index contributed by atoms with van der Waals surface area (Å²) in [6.07, 6.45) is 5.20. The van der Waals surface area contributed by atoms with E-state index in [1.54, 1.807) is 4.57 Å². The number of ether oxygens (including phenoxy) is 1. The van der Waals surface area contributed by atoms with Gasteiger partial charge in [-0.3, -0.25) is 18.7 Å². The Kier molecular flexibility index (Phi) is 4.91. The van der Waals surface area contributed by atoms with E-state index in [-0.39, 0.29) is 36.4 Å². The Hall–Kier alpha value is -2.26. The first-order chi connectivity index (χ1) is 11.6. The molecule has 3 rings (SSSR count). The number of unbranched alkanes of at least 4 members (excludes halogenated alkanes) is 1. The van der Waals surface area contributed by atoms with E-state index in [0.29, 0.717) is 25.0 Å². The molecular weight excluding hydrogens is 316 g/mol. The summed E-state index contributed by atoms with van der Waals surface area (Å²) in [7, 11) is 0. The number of aliphatic hydroxyl groups is 1. The molecule has 3 heterocycles. The molecule has 0 unspecified atom stereocenters. The van der Waals surface area contributed by atoms with Crippen LogP contribution in [-0.2, 0) is 16.1 Å². The van der Waals surface area contributed by atoms with Gasteiger partial charge in [0.1, 0.15) is 12.6 Å². The molecule has 24 heavy (non-hydrogen) atoms. The van der Waals surface area contributed by atoms with E-state index in [1.807, 2.05) is 0 Å². The molecule has 0 aromatic carbocycles. The van der Waals surface area contributed by atoms with Gasteiger partial charge in [-0.15, -0.1) is 0 Å². The van der Waals surface area contributed by atoms with E-state index in [9.17, 15) is 9.59 Å². The van der Waals surface area contributed by atoms with Crippen molar-refractivity contribution in [3.63, 3.8) is 0 Å². The van der Waals surface area contributed by atoms with Crippen molar-refractivity contribution in [3.8, 4) is 0 Å². The van der Waals surface area contributed by atoms with E-state index in [0.717, 1.165) is 12.8 Å². The lowest BCUT2D eigenvalue weighted by molar-refractivity contribution is -0.137. The predicted octanol–water partition coefficient (Wildman–Crippen LogP) is 0.518. The summed E-state index contributed by atoms with van der Waals surface area (Å²) in [5, 5.41) is 17.8. The van der Waals surface area contributed by atoms with E-state index in [1.165, 1.54) is 17.2 Å². The molecule has 1 aliphatic rings. The number of nitrogens with zero attached hydrogens (tertiary/aromatic N) is 4. The topological polar surface area (TPSA) is 119 Å². The number of imidazole rings is 1. The molecule has 0 amide bonds. The van der Waals surface area contributed by atoms with E-state index in [4.69, 9.17) is 14.9 Å². The number of aromatic nitrogens is 4. The highest BCUT2D eigenvalue weighted by atomic mass is 16.5. The van der Waals surface area contributed by atoms with Crippen LogP contribution in [0.15, 0.2) is 17.4 Å². The number of aliphatic hydroxyl groups excluding tert-OH is 1. The van der Waals surface area contributed by atoms with Gasteiger partial charge in [0.25, 0.3) is 5.56 Å². The van der Waals surface area contributed by atoms with Gasteiger partial charge in [0.05, 0.1) is 19.0 Å². The molecular formula is C15H20N4O5. The van der Waals surface area contributed by atoms with Crippen LogP contribution in [0.5, 0.6) is 0 Å². The fourth-order valence-electron chi connectivity index (χ4n) is 2.90. The van der Waals surface area contributed by atoms with Crippen molar-refractivity contribution in [1.82, 2.24) is 19.1 Å². The summed E-state index contributed by atoms with van der Waals surface area (Å²) in [6.45, 7) is 0.383. The third kappa shape index (κ3) is 3.31. The summed E-state index contributed by atoms with van der Waals surface area (Å²) in [6, 6.07) is 0. The second kappa shape index (κ2) is 7.10. The normalized spacial score (nSPS) is 20.7. The Morgan fingerprint density at radius 2 is 2.12 bits per heavy atom. The van der Waals surface area contributed by atoms with Crippen LogP contribution < -0.4 is 5.56 Å². The first-order valence-electron chi connectivity index (χ1n) is 8.00. The molecule has 0 bridgehead atoms. The van der Waals surface area contributed by atoms with Crippen molar-refractivity contribution in [2.45, 2.75) is 51.0 Å². The molecule has 1 aliphatic heterocycles. The Balaban J connectivity index is 1.76. The van der Waals surface area contributed by atoms with Gasteiger partial charge in [0.15, 0.2) is 11.2 Å². The summed E-state index contributed by atoms with van der Waals surface area (Å²) >= 11 is 0. The van der Waals surface area contributed by atoms with Crippen LogP contribution >= 0.6 is 0 Å². The van der Waals surface area contributed by atoms with E-state index in [2.05, 4.69) is 9.97 Å². The predicted molar refractivity (Wildman–Crippen MR) is 83.5 cm³/mol. The van der Waals surface area contributed by atoms with Gasteiger partial charge in [-0.25, -0.2) is 9.97 Å². The van der Waals surface area contributed by atoms with E-state index >= 15 is 0 Å². The number of aryl methyl sites for hydroxylation is 1. The fourth-order valence-corrected chi connectivity index (χ4v) is 2.90. The van der Waals surface area contributed by atoms with Crippen molar-refractivity contribution in [2.75, 3.05) is 6.61 Å². The highest BCUT2D eigenvalue weighted by molar-refractivity contribution is 5.69. The largest absolute Gasteiger partial charge is 0.481 e. The Morgan fingerprint density at radius 3 is 2.83 bits per heavy atom. The molecule has 2 N–H and O–H groups in total. The summed E-state index contributed by atoms with van der Waals surface area (Å²) in [5.74, 6) is -0.840. The molecule has 2 aromatic heterocycles. The van der Waals surface area contributed by atoms with Crippen molar-refractivity contribution < 1.29 is 19.7 Å². The van der Waals surface area contributed by atoms with Crippen LogP contribution in [0, 0.1) is 0 Å². The highest BCUT2D eigenvalue weighted by Gasteiger charge is 2.27. The van der Waals surface area contributed by atoms with Gasteiger partial charge in [0, 0.05) is 13.0 Å². The summed E-state index contributed by atoms with van der Waals surface area (Å²) < 4.78 is 8.88. The lowest BCUT2D eigenvalue weighted by Gasteiger charge is -2.14. The molecule has 1 saturated heterocycles. The van der Waals surface area contributed by atoms with E-state index < -0.39 is 5.97 Å². The Morgan fingerprint density at radius 1 is 1.29 bits per heavy atom. The van der Waals surface area contributed by atoms with Gasteiger partial charge >= 0.3 is 5.97 Å². The van der Waals surface area contributed by atoms with Crippen molar-refractivity contribution >= 4 is 17.1 Å². The zero-order chi connectivity index (χ0) is 17.1. The summed E-state index contributed by atoms with van der Waals surface area (Å²) in [4.78, 5) is 31.4. The van der Waals surface area contributed by atoms with Gasteiger partial charge in [0.2, 0.25) is 0 Å². The van der Waals surface area contributed by atoms with Crippen LogP contribution in [0.2, 0.25) is 0 Å². The number of hydrogen-bond donors (Lipinski definition) is 2. The van der Waals surface area contributed by atoms with Crippen LogP contribution in [-0.4, -0.2) is 48.0 Å². The molecule has 1 fully saturated rings. The first kappa shape index (κ1) is 16.6. The molecule has 9 nitrogen and oxygen atoms in total. The minimum absolute atomic E-state index is 0.0281. The average Bonchev–Trinajstić information content (AvgIpc) is 3.19. The first-order valence-corrected chi connectivity index (χ1v) is 8.00. The number of carboxylic acid groups (broad SMARTS) is 1. The second-order valence-corrected chi connectivity index (χ2v) is 5.89. The minimum Gasteiger partial charge on any atom is -0.481 e. The quantitative estimate of drug-likeness (QED) is 0.707. The summed E-state index contributed by atoms with van der Waals surface area (Å²) in [5.41, 5.74) is 0.489. The maximum absolute atomic E-state index is 12.5. The van der Waals surface area contributed by atoms with Crippen LogP contribution in [0.25, 0.3) is 11.2 Å². The maximum atomic E-state index is 12.5. The number of rotatable bonds is 7. The van der Waals surface area contributed by atoms with Gasteiger partial charge in [-0.1, -0.05) is 0 Å². The molecule has 2 atom stereocenters. The highest BCUT2D eigenvalue weighted by Crippen LogP contribution is 2.29. The van der Waals surface area contributed by atoms with Crippen LogP contribution in [0.3, 0.4) is 0 Å². The number of aliphatic carboxylic acids is 1. The van der Waals surface area contributed by atoms with Crippen LogP contribution in [0.1, 0.15) is 38.3 Å². The SMILES string of the molecule is O=C(O)CCCCn1cnc2c(ncn2[C@H]2CC[C@@H](CO)O2)c1=O. The zero-order valence-electron chi connectivity index (χ0n) is 13.2. The van der Waals surface area contributed by atoms with Gasteiger partial charge in [-0.2, -0.15) is 0 Å².